The lowest BCUT2D eigenvalue weighted by molar-refractivity contribution is 0.296. The van der Waals surface area contributed by atoms with Gasteiger partial charge in [-0.3, -0.25) is 4.98 Å². The maximum Gasteiger partial charge on any atom is 0.142 e. The van der Waals surface area contributed by atoms with Crippen molar-refractivity contribution in [1.82, 2.24) is 4.98 Å². The van der Waals surface area contributed by atoms with E-state index in [2.05, 4.69) is 20.9 Å². The molecule has 0 bridgehead atoms. The number of nitrogens with zero attached hydrogens (tertiary/aromatic N) is 2. The van der Waals surface area contributed by atoms with E-state index in [9.17, 15) is 4.39 Å². The molecule has 0 spiro atoms. The van der Waals surface area contributed by atoms with Crippen LogP contribution in [0.1, 0.15) is 22.5 Å². The largest absolute Gasteiger partial charge is 0.487 e. The van der Waals surface area contributed by atoms with Crippen LogP contribution in [0.4, 0.5) is 4.39 Å². The highest BCUT2D eigenvalue weighted by atomic mass is 79.9. The minimum Gasteiger partial charge on any atom is -0.487 e. The highest BCUT2D eigenvalue weighted by Crippen LogP contribution is 2.21. The molecule has 0 N–H and O–H groups in total. The Morgan fingerprint density at radius 3 is 2.85 bits per heavy atom. The van der Waals surface area contributed by atoms with Gasteiger partial charge >= 0.3 is 0 Å². The van der Waals surface area contributed by atoms with Crippen molar-refractivity contribution in [2.24, 2.45) is 0 Å². The molecule has 0 aliphatic rings. The fourth-order valence-electron chi connectivity index (χ4n) is 1.74. The van der Waals surface area contributed by atoms with Gasteiger partial charge in [-0.2, -0.15) is 5.26 Å². The first kappa shape index (κ1) is 14.5. The predicted molar refractivity (Wildman–Crippen MR) is 77.1 cm³/mol. The fraction of sp³-hybridized carbons (Fsp3) is 0.200. The topological polar surface area (TPSA) is 45.9 Å². The van der Waals surface area contributed by atoms with Crippen LogP contribution in [0.25, 0.3) is 0 Å². The number of aryl methyl sites for hydroxylation is 1. The molecule has 20 heavy (non-hydrogen) atoms. The summed E-state index contributed by atoms with van der Waals surface area (Å²) in [4.78, 5) is 4.34. The zero-order valence-electron chi connectivity index (χ0n) is 10.9. The van der Waals surface area contributed by atoms with Gasteiger partial charge in [0.25, 0.3) is 0 Å². The van der Waals surface area contributed by atoms with E-state index in [1.807, 2.05) is 25.1 Å². The van der Waals surface area contributed by atoms with Crippen molar-refractivity contribution in [3.8, 4) is 11.8 Å². The van der Waals surface area contributed by atoms with Crippen LogP contribution >= 0.6 is 15.9 Å². The molecule has 5 heteroatoms. The van der Waals surface area contributed by atoms with E-state index < -0.39 is 0 Å². The van der Waals surface area contributed by atoms with Crippen LogP contribution in [-0.2, 0) is 11.9 Å². The van der Waals surface area contributed by atoms with Gasteiger partial charge in [0.15, 0.2) is 0 Å². The van der Waals surface area contributed by atoms with Gasteiger partial charge in [-0.1, -0.05) is 15.9 Å². The first-order valence-electron chi connectivity index (χ1n) is 5.98. The van der Waals surface area contributed by atoms with E-state index in [0.29, 0.717) is 22.2 Å². The van der Waals surface area contributed by atoms with Crippen LogP contribution in [0, 0.1) is 24.1 Å². The maximum absolute atomic E-state index is 13.6. The van der Waals surface area contributed by atoms with E-state index >= 15 is 0 Å². The number of hydrogen-bond acceptors (Lipinski definition) is 3. The number of pyridine rings is 1. The lowest BCUT2D eigenvalue weighted by atomic mass is 10.1. The lowest BCUT2D eigenvalue weighted by Crippen LogP contribution is -2.02. The van der Waals surface area contributed by atoms with Crippen LogP contribution in [0.5, 0.6) is 5.75 Å². The summed E-state index contributed by atoms with van der Waals surface area (Å²) in [6.45, 7) is 1.96. The van der Waals surface area contributed by atoms with E-state index in [4.69, 9.17) is 10.00 Å². The number of halogens is 2. The third-order valence-electron chi connectivity index (χ3n) is 2.76. The number of rotatable bonds is 4. The second kappa shape index (κ2) is 6.49. The Bertz CT molecular complexity index is 667. The van der Waals surface area contributed by atoms with E-state index in [0.717, 1.165) is 11.4 Å². The summed E-state index contributed by atoms with van der Waals surface area (Å²) in [5.74, 6) is 0.221. The molecule has 0 atom stereocenters. The second-order valence-electron chi connectivity index (χ2n) is 4.24. The number of aromatic nitrogens is 1. The molecule has 3 nitrogen and oxygen atoms in total. The Kier molecular flexibility index (Phi) is 4.70. The second-order valence-corrected chi connectivity index (χ2v) is 4.80. The lowest BCUT2D eigenvalue weighted by Gasteiger charge is -2.10. The van der Waals surface area contributed by atoms with Gasteiger partial charge in [-0.25, -0.2) is 4.39 Å². The van der Waals surface area contributed by atoms with Crippen molar-refractivity contribution in [2.75, 3.05) is 0 Å². The minimum absolute atomic E-state index is 0.0616. The molecule has 0 aliphatic carbocycles. The SMILES string of the molecule is Cc1ccc(OCc2cc(C#N)ccc2F)c(CBr)n1. The van der Waals surface area contributed by atoms with Gasteiger partial charge in [0.1, 0.15) is 18.2 Å². The summed E-state index contributed by atoms with van der Waals surface area (Å²) in [7, 11) is 0. The van der Waals surface area contributed by atoms with Gasteiger partial charge in [0.05, 0.1) is 17.3 Å². The van der Waals surface area contributed by atoms with Crippen LogP contribution in [0.2, 0.25) is 0 Å². The smallest absolute Gasteiger partial charge is 0.142 e. The summed E-state index contributed by atoms with van der Waals surface area (Å²) in [6.07, 6.45) is 0. The summed E-state index contributed by atoms with van der Waals surface area (Å²) in [5, 5.41) is 9.38. The van der Waals surface area contributed by atoms with Crippen LogP contribution in [0.15, 0.2) is 30.3 Å². The summed E-state index contributed by atoms with van der Waals surface area (Å²) in [6, 6.07) is 9.83. The molecule has 0 fully saturated rings. The van der Waals surface area contributed by atoms with Gasteiger partial charge in [0, 0.05) is 16.6 Å². The highest BCUT2D eigenvalue weighted by molar-refractivity contribution is 9.08. The third kappa shape index (κ3) is 3.34. The minimum atomic E-state index is -0.385. The summed E-state index contributed by atoms with van der Waals surface area (Å²) in [5.41, 5.74) is 2.42. The van der Waals surface area contributed by atoms with Crippen LogP contribution in [0.3, 0.4) is 0 Å². The predicted octanol–water partition coefficient (Wildman–Crippen LogP) is 3.87. The molecular formula is C15H12BrFN2O. The van der Waals surface area contributed by atoms with Gasteiger partial charge in [0.2, 0.25) is 0 Å². The first-order chi connectivity index (χ1) is 9.63. The number of ether oxygens (including phenoxy) is 1. The van der Waals surface area contributed by atoms with Gasteiger partial charge in [-0.05, 0) is 37.3 Å². The average Bonchev–Trinajstić information content (AvgIpc) is 2.47. The van der Waals surface area contributed by atoms with Crippen molar-refractivity contribution < 1.29 is 9.13 Å². The molecule has 0 amide bonds. The average molecular weight is 335 g/mol. The Balaban J connectivity index is 2.19. The molecule has 1 heterocycles. The summed E-state index contributed by atoms with van der Waals surface area (Å²) < 4.78 is 19.2. The number of nitriles is 1. The number of benzene rings is 1. The molecule has 2 rings (SSSR count). The maximum atomic E-state index is 13.6. The van der Waals surface area contributed by atoms with Crippen molar-refractivity contribution in [1.29, 1.82) is 5.26 Å². The van der Waals surface area contributed by atoms with E-state index in [1.165, 1.54) is 18.2 Å². The Morgan fingerprint density at radius 2 is 2.15 bits per heavy atom. The molecule has 0 unspecified atom stereocenters. The number of alkyl halides is 1. The van der Waals surface area contributed by atoms with Crippen LogP contribution in [-0.4, -0.2) is 4.98 Å². The molecule has 0 radical (unpaired) electrons. The quantitative estimate of drug-likeness (QED) is 0.797. The van der Waals surface area contributed by atoms with Crippen molar-refractivity contribution in [2.45, 2.75) is 18.9 Å². The van der Waals surface area contributed by atoms with Crippen molar-refractivity contribution in [3.05, 3.63) is 58.7 Å². The van der Waals surface area contributed by atoms with E-state index in [-0.39, 0.29) is 12.4 Å². The Morgan fingerprint density at radius 1 is 1.35 bits per heavy atom. The van der Waals surface area contributed by atoms with Gasteiger partial charge < -0.3 is 4.74 Å². The molecule has 0 saturated heterocycles. The third-order valence-corrected chi connectivity index (χ3v) is 3.29. The molecule has 0 aliphatic heterocycles. The van der Waals surface area contributed by atoms with E-state index in [1.54, 1.807) is 0 Å². The normalized spacial score (nSPS) is 10.1. The zero-order chi connectivity index (χ0) is 14.5. The Hall–Kier alpha value is -1.93. The molecular weight excluding hydrogens is 323 g/mol. The van der Waals surface area contributed by atoms with Crippen LogP contribution < -0.4 is 4.74 Å². The van der Waals surface area contributed by atoms with Crippen molar-refractivity contribution >= 4 is 15.9 Å². The zero-order valence-corrected chi connectivity index (χ0v) is 12.4. The fourth-order valence-corrected chi connectivity index (χ4v) is 2.14. The molecule has 2 aromatic rings. The Labute approximate surface area is 125 Å². The first-order valence-corrected chi connectivity index (χ1v) is 7.10. The molecule has 1 aromatic heterocycles. The standard InChI is InChI=1S/C15H12BrFN2O/c1-10-2-5-15(14(7-16)19-10)20-9-12-6-11(8-18)3-4-13(12)17/h2-6H,7,9H2,1H3. The molecule has 1 aromatic carbocycles. The van der Waals surface area contributed by atoms with Gasteiger partial charge in [-0.15, -0.1) is 0 Å². The summed E-state index contributed by atoms with van der Waals surface area (Å²) >= 11 is 3.35. The number of hydrogen-bond donors (Lipinski definition) is 0. The molecule has 0 saturated carbocycles. The molecule has 102 valence electrons. The highest BCUT2D eigenvalue weighted by Gasteiger charge is 2.08. The monoisotopic (exact) mass is 334 g/mol. The van der Waals surface area contributed by atoms with Crippen molar-refractivity contribution in [3.63, 3.8) is 0 Å².